The number of hydrogen-bond donors (Lipinski definition) is 2. The summed E-state index contributed by atoms with van der Waals surface area (Å²) in [5.41, 5.74) is 0. The van der Waals surface area contributed by atoms with Gasteiger partial charge in [-0.05, 0) is 24.3 Å². The summed E-state index contributed by atoms with van der Waals surface area (Å²) < 4.78 is 32.2. The Morgan fingerprint density at radius 2 is 2.00 bits per heavy atom. The lowest BCUT2D eigenvalue weighted by Crippen LogP contribution is -2.27. The highest BCUT2D eigenvalue weighted by Crippen LogP contribution is 2.16. The predicted octanol–water partition coefficient (Wildman–Crippen LogP) is 1.75. The lowest BCUT2D eigenvalue weighted by Gasteiger charge is -2.06. The highest BCUT2D eigenvalue weighted by atomic mass is 79.9. The van der Waals surface area contributed by atoms with Crippen molar-refractivity contribution in [2.24, 2.45) is 0 Å². The number of ether oxygens (including phenoxy) is 1. The van der Waals surface area contributed by atoms with Crippen LogP contribution in [0.25, 0.3) is 0 Å². The van der Waals surface area contributed by atoms with E-state index < -0.39 is 10.0 Å². The second-order valence-corrected chi connectivity index (χ2v) is 8.33. The van der Waals surface area contributed by atoms with Gasteiger partial charge in [-0.2, -0.15) is 0 Å². The van der Waals surface area contributed by atoms with Crippen LogP contribution in [0.1, 0.15) is 11.4 Å². The van der Waals surface area contributed by atoms with Gasteiger partial charge in [-0.1, -0.05) is 27.3 Å². The van der Waals surface area contributed by atoms with Crippen molar-refractivity contribution < 1.29 is 17.9 Å². The molecule has 0 spiro atoms. The summed E-state index contributed by atoms with van der Waals surface area (Å²) >= 11 is 4.44. The maximum Gasteiger partial charge on any atom is 0.240 e. The van der Waals surface area contributed by atoms with Crippen molar-refractivity contribution in [2.45, 2.75) is 17.9 Å². The number of hydrogen-bond acceptors (Lipinski definition) is 7. The van der Waals surface area contributed by atoms with Gasteiger partial charge in [0.2, 0.25) is 21.1 Å². The number of anilines is 1. The van der Waals surface area contributed by atoms with E-state index in [1.54, 1.807) is 12.1 Å². The van der Waals surface area contributed by atoms with E-state index in [2.05, 4.69) is 36.2 Å². The number of rotatable bonds is 8. The number of nitrogens with one attached hydrogen (secondary N) is 2. The minimum atomic E-state index is -3.64. The van der Waals surface area contributed by atoms with Gasteiger partial charge in [0.15, 0.2) is 0 Å². The zero-order valence-corrected chi connectivity index (χ0v) is 15.9. The third-order valence-corrected chi connectivity index (χ3v) is 5.57. The molecule has 0 unspecified atom stereocenters. The van der Waals surface area contributed by atoms with Gasteiger partial charge < -0.3 is 10.1 Å². The molecule has 11 heteroatoms. The molecule has 0 bridgehead atoms. The van der Waals surface area contributed by atoms with Crippen molar-refractivity contribution in [3.05, 3.63) is 33.7 Å². The number of benzene rings is 1. The average Bonchev–Trinajstić information content (AvgIpc) is 2.95. The lowest BCUT2D eigenvalue weighted by atomic mass is 10.4. The number of halogens is 1. The molecule has 2 N–H and O–H groups in total. The first-order valence-corrected chi connectivity index (χ1v) is 9.86. The van der Waals surface area contributed by atoms with E-state index in [1.807, 2.05) is 0 Å². The van der Waals surface area contributed by atoms with Gasteiger partial charge >= 0.3 is 0 Å². The molecule has 0 radical (unpaired) electrons. The number of aromatic nitrogens is 2. The maximum atomic E-state index is 12.1. The third kappa shape index (κ3) is 5.60. The van der Waals surface area contributed by atoms with Crippen LogP contribution in [0.5, 0.6) is 0 Å². The third-order valence-electron chi connectivity index (χ3n) is 2.75. The molecule has 2 rings (SSSR count). The molecule has 1 aromatic heterocycles. The molecule has 0 aliphatic rings. The largest absolute Gasteiger partial charge is 0.377 e. The number of nitrogens with zero attached hydrogens (tertiary/aromatic N) is 2. The standard InChI is InChI=1S/C13H15BrN4O4S2/c1-22-8-12-17-18-13(23-12)16-11(19)6-7-15-24(20,21)10-4-2-9(14)3-5-10/h2-5,15H,6-8H2,1H3,(H,16,18,19). The van der Waals surface area contributed by atoms with Crippen LogP contribution in [0.4, 0.5) is 5.13 Å². The van der Waals surface area contributed by atoms with Gasteiger partial charge in [-0.15, -0.1) is 10.2 Å². The van der Waals surface area contributed by atoms with Crippen molar-refractivity contribution in [1.82, 2.24) is 14.9 Å². The summed E-state index contributed by atoms with van der Waals surface area (Å²) in [4.78, 5) is 11.9. The number of sulfonamides is 1. The Labute approximate surface area is 151 Å². The molecule has 0 aliphatic carbocycles. The fourth-order valence-electron chi connectivity index (χ4n) is 1.66. The smallest absolute Gasteiger partial charge is 0.240 e. The van der Waals surface area contributed by atoms with Gasteiger partial charge in [0.05, 0.1) is 4.90 Å². The van der Waals surface area contributed by atoms with Crippen LogP contribution in [0.15, 0.2) is 33.6 Å². The van der Waals surface area contributed by atoms with E-state index in [0.29, 0.717) is 16.7 Å². The van der Waals surface area contributed by atoms with E-state index in [4.69, 9.17) is 4.74 Å². The zero-order chi connectivity index (χ0) is 17.6. The summed E-state index contributed by atoms with van der Waals surface area (Å²) in [6.45, 7) is 0.300. The molecular formula is C13H15BrN4O4S2. The molecule has 130 valence electrons. The van der Waals surface area contributed by atoms with Crippen molar-refractivity contribution in [3.8, 4) is 0 Å². The Morgan fingerprint density at radius 1 is 1.29 bits per heavy atom. The molecule has 2 aromatic rings. The highest BCUT2D eigenvalue weighted by Gasteiger charge is 2.14. The van der Waals surface area contributed by atoms with E-state index >= 15 is 0 Å². The Balaban J connectivity index is 1.82. The summed E-state index contributed by atoms with van der Waals surface area (Å²) in [6.07, 6.45) is -0.0189. The quantitative estimate of drug-likeness (QED) is 0.654. The van der Waals surface area contributed by atoms with Crippen molar-refractivity contribution in [1.29, 1.82) is 0 Å². The Bertz CT molecular complexity index is 793. The fraction of sp³-hybridized carbons (Fsp3) is 0.308. The summed E-state index contributed by atoms with van der Waals surface area (Å²) in [5, 5.41) is 11.2. The minimum Gasteiger partial charge on any atom is -0.377 e. The Morgan fingerprint density at radius 3 is 2.67 bits per heavy atom. The number of carbonyl (C=O) groups is 1. The molecule has 0 fully saturated rings. The van der Waals surface area contributed by atoms with Crippen molar-refractivity contribution >= 4 is 48.3 Å². The molecule has 0 aliphatic heterocycles. The second-order valence-electron chi connectivity index (χ2n) is 4.58. The SMILES string of the molecule is COCc1nnc(NC(=O)CCNS(=O)(=O)c2ccc(Br)cc2)s1. The number of methoxy groups -OCH3 is 1. The minimum absolute atomic E-state index is 0.0189. The van der Waals surface area contributed by atoms with Crippen LogP contribution in [-0.4, -0.2) is 38.2 Å². The first kappa shape index (κ1) is 18.9. The van der Waals surface area contributed by atoms with Crippen molar-refractivity contribution in [2.75, 3.05) is 19.0 Å². The molecule has 0 saturated heterocycles. The van der Waals surface area contributed by atoms with Gasteiger partial charge in [-0.25, -0.2) is 13.1 Å². The van der Waals surface area contributed by atoms with Crippen LogP contribution in [0, 0.1) is 0 Å². The normalized spacial score (nSPS) is 11.4. The fourth-order valence-corrected chi connectivity index (χ4v) is 3.69. The molecule has 24 heavy (non-hydrogen) atoms. The number of amides is 1. The molecule has 1 amide bonds. The topological polar surface area (TPSA) is 110 Å². The average molecular weight is 435 g/mol. The van der Waals surface area contributed by atoms with Crippen molar-refractivity contribution in [3.63, 3.8) is 0 Å². The van der Waals surface area contributed by atoms with E-state index in [0.717, 1.165) is 4.47 Å². The van der Waals surface area contributed by atoms with E-state index in [1.165, 1.54) is 30.6 Å². The summed E-state index contributed by atoms with van der Waals surface area (Å²) in [7, 11) is -2.10. The molecule has 1 aromatic carbocycles. The maximum absolute atomic E-state index is 12.1. The van der Waals surface area contributed by atoms with Gasteiger partial charge in [0, 0.05) is 24.5 Å². The zero-order valence-electron chi connectivity index (χ0n) is 12.7. The van der Waals surface area contributed by atoms with Crippen LogP contribution in [-0.2, 0) is 26.2 Å². The van der Waals surface area contributed by atoms with E-state index in [-0.39, 0.29) is 23.8 Å². The first-order valence-electron chi connectivity index (χ1n) is 6.77. The first-order chi connectivity index (χ1) is 11.4. The summed E-state index contributed by atoms with van der Waals surface area (Å²) in [6, 6.07) is 6.22. The highest BCUT2D eigenvalue weighted by molar-refractivity contribution is 9.10. The molecular weight excluding hydrogens is 420 g/mol. The van der Waals surface area contributed by atoms with Crippen LogP contribution in [0.2, 0.25) is 0 Å². The lowest BCUT2D eigenvalue weighted by molar-refractivity contribution is -0.116. The van der Waals surface area contributed by atoms with Gasteiger partial charge in [0.1, 0.15) is 11.6 Å². The van der Waals surface area contributed by atoms with E-state index in [9.17, 15) is 13.2 Å². The van der Waals surface area contributed by atoms with Crippen LogP contribution >= 0.6 is 27.3 Å². The summed E-state index contributed by atoms with van der Waals surface area (Å²) in [5.74, 6) is -0.353. The molecule has 0 atom stereocenters. The molecule has 1 heterocycles. The van der Waals surface area contributed by atoms with Gasteiger partial charge in [0.25, 0.3) is 0 Å². The van der Waals surface area contributed by atoms with Gasteiger partial charge in [-0.3, -0.25) is 4.79 Å². The number of carbonyl (C=O) groups excluding carboxylic acids is 1. The Hall–Kier alpha value is -1.40. The predicted molar refractivity (Wildman–Crippen MR) is 93.2 cm³/mol. The Kier molecular flexibility index (Phi) is 6.80. The molecule has 8 nitrogen and oxygen atoms in total. The monoisotopic (exact) mass is 434 g/mol. The molecule has 0 saturated carbocycles. The van der Waals surface area contributed by atoms with Crippen LogP contribution in [0.3, 0.4) is 0 Å². The van der Waals surface area contributed by atoms with Crippen LogP contribution < -0.4 is 10.0 Å². The second kappa shape index (κ2) is 8.62.